The molecule has 18 heavy (non-hydrogen) atoms. The molecule has 1 aliphatic rings. The molecule has 3 heteroatoms. The highest BCUT2D eigenvalue weighted by atomic mass is 16.5. The first-order valence-corrected chi connectivity index (χ1v) is 6.83. The van der Waals surface area contributed by atoms with Crippen LogP contribution < -0.4 is 10.1 Å². The number of hydrogen-bond acceptors (Lipinski definition) is 3. The highest BCUT2D eigenvalue weighted by molar-refractivity contribution is 5.28. The third-order valence-electron chi connectivity index (χ3n) is 3.72. The molecule has 100 valence electrons. The Kier molecular flexibility index (Phi) is 4.61. The van der Waals surface area contributed by atoms with Crippen LogP contribution in [0.15, 0.2) is 24.3 Å². The molecular formula is C15H24N2O. The third kappa shape index (κ3) is 3.24. The first-order chi connectivity index (χ1) is 8.72. The monoisotopic (exact) mass is 248 g/mol. The van der Waals surface area contributed by atoms with Crippen LogP contribution in [0.3, 0.4) is 0 Å². The number of nitrogens with zero attached hydrogens (tertiary/aromatic N) is 1. The lowest BCUT2D eigenvalue weighted by Gasteiger charge is -2.39. The van der Waals surface area contributed by atoms with Gasteiger partial charge in [-0.1, -0.05) is 19.1 Å². The fourth-order valence-electron chi connectivity index (χ4n) is 2.63. The van der Waals surface area contributed by atoms with Crippen LogP contribution in [-0.2, 0) is 6.54 Å². The van der Waals surface area contributed by atoms with E-state index >= 15 is 0 Å². The molecule has 2 unspecified atom stereocenters. The van der Waals surface area contributed by atoms with Crippen molar-refractivity contribution in [1.82, 2.24) is 10.2 Å². The van der Waals surface area contributed by atoms with E-state index in [0.717, 1.165) is 25.4 Å². The van der Waals surface area contributed by atoms with E-state index in [4.69, 9.17) is 4.74 Å². The summed E-state index contributed by atoms with van der Waals surface area (Å²) in [6, 6.07) is 9.62. The number of nitrogens with one attached hydrogen (secondary N) is 1. The summed E-state index contributed by atoms with van der Waals surface area (Å²) in [5, 5.41) is 3.55. The highest BCUT2D eigenvalue weighted by Crippen LogP contribution is 2.18. The third-order valence-corrected chi connectivity index (χ3v) is 3.72. The Bertz CT molecular complexity index is 381. The normalized spacial score (nSPS) is 25.1. The Morgan fingerprint density at radius 1 is 1.44 bits per heavy atom. The van der Waals surface area contributed by atoms with Gasteiger partial charge in [-0.25, -0.2) is 0 Å². The molecule has 3 nitrogen and oxygen atoms in total. The maximum absolute atomic E-state index is 5.29. The molecule has 0 aliphatic carbocycles. The van der Waals surface area contributed by atoms with Gasteiger partial charge >= 0.3 is 0 Å². The van der Waals surface area contributed by atoms with Crippen LogP contribution in [0.5, 0.6) is 5.75 Å². The van der Waals surface area contributed by atoms with Crippen LogP contribution in [0.2, 0.25) is 0 Å². The molecule has 0 aromatic heterocycles. The zero-order valence-electron chi connectivity index (χ0n) is 11.6. The molecule has 0 saturated carbocycles. The van der Waals surface area contributed by atoms with Crippen molar-refractivity contribution in [2.24, 2.45) is 0 Å². The van der Waals surface area contributed by atoms with E-state index in [9.17, 15) is 0 Å². The van der Waals surface area contributed by atoms with Crippen molar-refractivity contribution in [1.29, 1.82) is 0 Å². The van der Waals surface area contributed by atoms with Gasteiger partial charge in [-0.2, -0.15) is 0 Å². The quantitative estimate of drug-likeness (QED) is 0.884. The summed E-state index contributed by atoms with van der Waals surface area (Å²) in [7, 11) is 1.72. The average molecular weight is 248 g/mol. The smallest absolute Gasteiger partial charge is 0.119 e. The van der Waals surface area contributed by atoms with E-state index < -0.39 is 0 Å². The zero-order valence-corrected chi connectivity index (χ0v) is 11.6. The van der Waals surface area contributed by atoms with Crippen LogP contribution in [0, 0.1) is 0 Å². The standard InChI is InChI=1S/C15H24N2O/c1-4-14-9-16-12(2)10-17(14)11-13-6-5-7-15(8-13)18-3/h5-8,12,14,16H,4,9-11H2,1-3H3. The SMILES string of the molecule is CCC1CNC(C)CN1Cc1cccc(OC)c1. The van der Waals surface area contributed by atoms with Gasteiger partial charge in [-0.15, -0.1) is 0 Å². The molecule has 1 aromatic carbocycles. The number of benzene rings is 1. The van der Waals surface area contributed by atoms with E-state index in [-0.39, 0.29) is 0 Å². The molecule has 2 atom stereocenters. The number of methoxy groups -OCH3 is 1. The molecule has 1 aliphatic heterocycles. The lowest BCUT2D eigenvalue weighted by atomic mass is 10.1. The summed E-state index contributed by atoms with van der Waals surface area (Å²) >= 11 is 0. The number of piperazine rings is 1. The lowest BCUT2D eigenvalue weighted by Crippen LogP contribution is -2.54. The summed E-state index contributed by atoms with van der Waals surface area (Å²) in [5.41, 5.74) is 1.34. The Morgan fingerprint density at radius 2 is 2.28 bits per heavy atom. The van der Waals surface area contributed by atoms with Gasteiger partial charge in [0.2, 0.25) is 0 Å². The second-order valence-corrected chi connectivity index (χ2v) is 5.15. The summed E-state index contributed by atoms with van der Waals surface area (Å²) in [6.45, 7) is 7.75. The molecule has 1 N–H and O–H groups in total. The van der Waals surface area contributed by atoms with Gasteiger partial charge in [0.15, 0.2) is 0 Å². The minimum Gasteiger partial charge on any atom is -0.497 e. The largest absolute Gasteiger partial charge is 0.497 e. The van der Waals surface area contributed by atoms with E-state index in [1.165, 1.54) is 12.0 Å². The summed E-state index contributed by atoms with van der Waals surface area (Å²) in [4.78, 5) is 2.58. The predicted octanol–water partition coefficient (Wildman–Crippen LogP) is 2.27. The first-order valence-electron chi connectivity index (χ1n) is 6.83. The maximum Gasteiger partial charge on any atom is 0.119 e. The molecule has 2 rings (SSSR count). The number of rotatable bonds is 4. The molecule has 0 bridgehead atoms. The molecule has 1 aromatic rings. The van der Waals surface area contributed by atoms with Crippen molar-refractivity contribution in [3.8, 4) is 5.75 Å². The Morgan fingerprint density at radius 3 is 3.00 bits per heavy atom. The van der Waals surface area contributed by atoms with Crippen LogP contribution in [0.25, 0.3) is 0 Å². The molecular weight excluding hydrogens is 224 g/mol. The van der Waals surface area contributed by atoms with Crippen molar-refractivity contribution in [3.05, 3.63) is 29.8 Å². The molecule has 0 spiro atoms. The summed E-state index contributed by atoms with van der Waals surface area (Å²) in [6.07, 6.45) is 1.20. The maximum atomic E-state index is 5.29. The van der Waals surface area contributed by atoms with Crippen molar-refractivity contribution in [2.45, 2.75) is 38.9 Å². The van der Waals surface area contributed by atoms with Crippen LogP contribution in [-0.4, -0.2) is 37.2 Å². The topological polar surface area (TPSA) is 24.5 Å². The summed E-state index contributed by atoms with van der Waals surface area (Å²) in [5.74, 6) is 0.948. The van der Waals surface area contributed by atoms with E-state index in [0.29, 0.717) is 12.1 Å². The molecule has 1 saturated heterocycles. The van der Waals surface area contributed by atoms with Gasteiger partial charge in [0.25, 0.3) is 0 Å². The second kappa shape index (κ2) is 6.21. The van der Waals surface area contributed by atoms with E-state index in [1.54, 1.807) is 7.11 Å². The molecule has 1 fully saturated rings. The van der Waals surface area contributed by atoms with Crippen molar-refractivity contribution >= 4 is 0 Å². The van der Waals surface area contributed by atoms with E-state index in [1.807, 2.05) is 6.07 Å². The lowest BCUT2D eigenvalue weighted by molar-refractivity contribution is 0.124. The van der Waals surface area contributed by atoms with Crippen LogP contribution >= 0.6 is 0 Å². The fourth-order valence-corrected chi connectivity index (χ4v) is 2.63. The van der Waals surface area contributed by atoms with Crippen LogP contribution in [0.4, 0.5) is 0 Å². The average Bonchev–Trinajstić information content (AvgIpc) is 2.39. The highest BCUT2D eigenvalue weighted by Gasteiger charge is 2.24. The number of ether oxygens (including phenoxy) is 1. The Hall–Kier alpha value is -1.06. The van der Waals surface area contributed by atoms with Gasteiger partial charge in [0, 0.05) is 31.7 Å². The van der Waals surface area contributed by atoms with Crippen molar-refractivity contribution in [3.63, 3.8) is 0 Å². The van der Waals surface area contributed by atoms with Crippen LogP contribution in [0.1, 0.15) is 25.8 Å². The zero-order chi connectivity index (χ0) is 13.0. The van der Waals surface area contributed by atoms with Gasteiger partial charge in [-0.05, 0) is 31.0 Å². The van der Waals surface area contributed by atoms with Gasteiger partial charge in [-0.3, -0.25) is 4.90 Å². The van der Waals surface area contributed by atoms with E-state index in [2.05, 4.69) is 42.3 Å². The first kappa shape index (κ1) is 13.4. The van der Waals surface area contributed by atoms with Gasteiger partial charge in [0.05, 0.1) is 7.11 Å². The predicted molar refractivity (Wildman–Crippen MR) is 74.9 cm³/mol. The Labute approximate surface area is 110 Å². The van der Waals surface area contributed by atoms with Crippen molar-refractivity contribution in [2.75, 3.05) is 20.2 Å². The van der Waals surface area contributed by atoms with Gasteiger partial charge in [0.1, 0.15) is 5.75 Å². The van der Waals surface area contributed by atoms with Crippen molar-refractivity contribution < 1.29 is 4.74 Å². The minimum atomic E-state index is 0.582. The molecule has 0 amide bonds. The van der Waals surface area contributed by atoms with Gasteiger partial charge < -0.3 is 10.1 Å². The second-order valence-electron chi connectivity index (χ2n) is 5.15. The Balaban J connectivity index is 2.05. The number of hydrogen-bond donors (Lipinski definition) is 1. The molecule has 1 heterocycles. The fraction of sp³-hybridized carbons (Fsp3) is 0.600. The minimum absolute atomic E-state index is 0.582. The molecule has 0 radical (unpaired) electrons. The summed E-state index contributed by atoms with van der Waals surface area (Å²) < 4.78 is 5.29.